The molecule has 3 heteroatoms. The maximum Gasteiger partial charge on any atom is 0.123 e. The lowest BCUT2D eigenvalue weighted by Gasteiger charge is -2.11. The van der Waals surface area contributed by atoms with E-state index in [9.17, 15) is 4.39 Å². The van der Waals surface area contributed by atoms with Gasteiger partial charge in [-0.15, -0.1) is 11.8 Å². The SMILES string of the molecule is CSc1ccc(C(Br)c2ccc(F)cc2)cc1. The first-order valence-corrected chi connectivity index (χ1v) is 7.38. The zero-order valence-corrected chi connectivity index (χ0v) is 11.8. The Balaban J connectivity index is 2.23. The third kappa shape index (κ3) is 3.11. The molecule has 0 bridgehead atoms. The molecule has 17 heavy (non-hydrogen) atoms. The number of halogens is 2. The molecule has 0 heterocycles. The van der Waals surface area contributed by atoms with E-state index >= 15 is 0 Å². The summed E-state index contributed by atoms with van der Waals surface area (Å²) in [6.45, 7) is 0. The molecule has 0 aliphatic rings. The van der Waals surface area contributed by atoms with Crippen LogP contribution in [0.4, 0.5) is 4.39 Å². The Morgan fingerprint density at radius 2 is 1.41 bits per heavy atom. The summed E-state index contributed by atoms with van der Waals surface area (Å²) in [5, 5.41) is 0. The van der Waals surface area contributed by atoms with E-state index in [-0.39, 0.29) is 10.6 Å². The predicted octanol–water partition coefficient (Wildman–Crippen LogP) is 5.03. The molecule has 88 valence electrons. The lowest BCUT2D eigenvalue weighted by Crippen LogP contribution is -1.92. The van der Waals surface area contributed by atoms with Gasteiger partial charge in [-0.2, -0.15) is 0 Å². The molecule has 0 aliphatic carbocycles. The van der Waals surface area contributed by atoms with Crippen molar-refractivity contribution in [3.8, 4) is 0 Å². The van der Waals surface area contributed by atoms with Gasteiger partial charge in [0.25, 0.3) is 0 Å². The topological polar surface area (TPSA) is 0 Å². The molecule has 0 fully saturated rings. The highest BCUT2D eigenvalue weighted by atomic mass is 79.9. The van der Waals surface area contributed by atoms with Crippen LogP contribution >= 0.6 is 27.7 Å². The van der Waals surface area contributed by atoms with Crippen molar-refractivity contribution in [2.24, 2.45) is 0 Å². The molecule has 2 aromatic carbocycles. The van der Waals surface area contributed by atoms with E-state index in [4.69, 9.17) is 0 Å². The van der Waals surface area contributed by atoms with Gasteiger partial charge in [-0.05, 0) is 41.6 Å². The second kappa shape index (κ2) is 5.69. The fourth-order valence-corrected chi connectivity index (χ4v) is 2.62. The van der Waals surface area contributed by atoms with Crippen LogP contribution in [0, 0.1) is 5.82 Å². The molecule has 0 spiro atoms. The Hall–Kier alpha value is -0.800. The molecular weight excluding hydrogens is 299 g/mol. The predicted molar refractivity (Wildman–Crippen MR) is 75.4 cm³/mol. The van der Waals surface area contributed by atoms with E-state index in [0.717, 1.165) is 5.56 Å². The van der Waals surface area contributed by atoms with Crippen molar-refractivity contribution >= 4 is 27.7 Å². The summed E-state index contributed by atoms with van der Waals surface area (Å²) < 4.78 is 12.8. The summed E-state index contributed by atoms with van der Waals surface area (Å²) in [6, 6.07) is 15.0. The molecule has 0 nitrogen and oxygen atoms in total. The highest BCUT2D eigenvalue weighted by Gasteiger charge is 2.09. The molecule has 0 radical (unpaired) electrons. The van der Waals surface area contributed by atoms with E-state index in [1.165, 1.54) is 22.6 Å². The molecule has 0 aliphatic heterocycles. The van der Waals surface area contributed by atoms with E-state index in [0.29, 0.717) is 0 Å². The van der Waals surface area contributed by atoms with Crippen LogP contribution in [0.3, 0.4) is 0 Å². The summed E-state index contributed by atoms with van der Waals surface area (Å²) in [7, 11) is 0. The Kier molecular flexibility index (Phi) is 4.24. The molecule has 0 saturated carbocycles. The Morgan fingerprint density at radius 3 is 1.88 bits per heavy atom. The average molecular weight is 311 g/mol. The molecule has 2 aromatic rings. The van der Waals surface area contributed by atoms with Crippen LogP contribution in [0.5, 0.6) is 0 Å². The van der Waals surface area contributed by atoms with Gasteiger partial charge >= 0.3 is 0 Å². The normalized spacial score (nSPS) is 12.4. The minimum Gasteiger partial charge on any atom is -0.207 e. The van der Waals surface area contributed by atoms with Crippen molar-refractivity contribution < 1.29 is 4.39 Å². The van der Waals surface area contributed by atoms with Crippen LogP contribution in [0.25, 0.3) is 0 Å². The van der Waals surface area contributed by atoms with Crippen molar-refractivity contribution in [2.45, 2.75) is 9.72 Å². The second-order valence-corrected chi connectivity index (χ2v) is 5.48. The number of benzene rings is 2. The highest BCUT2D eigenvalue weighted by Crippen LogP contribution is 2.31. The number of hydrogen-bond donors (Lipinski definition) is 0. The first kappa shape index (κ1) is 12.7. The fourth-order valence-electron chi connectivity index (χ4n) is 1.60. The summed E-state index contributed by atoms with van der Waals surface area (Å²) in [6.07, 6.45) is 2.06. The molecule has 0 aromatic heterocycles. The van der Waals surface area contributed by atoms with Crippen LogP contribution in [0.2, 0.25) is 0 Å². The standard InChI is InChI=1S/C14H12BrFS/c1-17-13-8-4-11(5-9-13)14(15)10-2-6-12(16)7-3-10/h2-9,14H,1H3. The smallest absolute Gasteiger partial charge is 0.123 e. The van der Waals surface area contributed by atoms with E-state index < -0.39 is 0 Å². The Morgan fingerprint density at radius 1 is 0.941 bits per heavy atom. The fraction of sp³-hybridized carbons (Fsp3) is 0.143. The van der Waals surface area contributed by atoms with E-state index in [1.54, 1.807) is 23.9 Å². The number of rotatable bonds is 3. The van der Waals surface area contributed by atoms with Crippen LogP contribution in [0.1, 0.15) is 16.0 Å². The second-order valence-electron chi connectivity index (χ2n) is 3.69. The summed E-state index contributed by atoms with van der Waals surface area (Å²) in [4.78, 5) is 1.35. The minimum absolute atomic E-state index is 0.110. The maximum absolute atomic E-state index is 12.8. The Bertz CT molecular complexity index is 479. The van der Waals surface area contributed by atoms with Gasteiger partial charge < -0.3 is 0 Å². The van der Waals surface area contributed by atoms with Gasteiger partial charge in [-0.25, -0.2) is 4.39 Å². The largest absolute Gasteiger partial charge is 0.207 e. The zero-order chi connectivity index (χ0) is 12.3. The van der Waals surface area contributed by atoms with Crippen molar-refractivity contribution in [2.75, 3.05) is 6.26 Å². The third-order valence-corrected chi connectivity index (χ3v) is 4.37. The van der Waals surface area contributed by atoms with Crippen molar-refractivity contribution in [3.05, 3.63) is 65.5 Å². The summed E-state index contributed by atoms with van der Waals surface area (Å²) in [5.74, 6) is -0.203. The van der Waals surface area contributed by atoms with Gasteiger partial charge in [0, 0.05) is 4.90 Å². The van der Waals surface area contributed by atoms with Gasteiger partial charge in [0.05, 0.1) is 4.83 Å². The minimum atomic E-state index is -0.203. The highest BCUT2D eigenvalue weighted by molar-refractivity contribution is 9.09. The molecular formula is C14H12BrFS. The quantitative estimate of drug-likeness (QED) is 0.566. The van der Waals surface area contributed by atoms with Crippen LogP contribution < -0.4 is 0 Å². The lowest BCUT2D eigenvalue weighted by atomic mass is 10.1. The third-order valence-electron chi connectivity index (χ3n) is 2.57. The summed E-state index contributed by atoms with van der Waals surface area (Å²) in [5.41, 5.74) is 2.23. The number of thioether (sulfide) groups is 1. The maximum atomic E-state index is 12.8. The monoisotopic (exact) mass is 310 g/mol. The van der Waals surface area contributed by atoms with E-state index in [2.05, 4.69) is 46.5 Å². The van der Waals surface area contributed by atoms with Gasteiger partial charge in [-0.1, -0.05) is 40.2 Å². The Labute approximate surface area is 113 Å². The van der Waals surface area contributed by atoms with Crippen LogP contribution in [-0.2, 0) is 0 Å². The van der Waals surface area contributed by atoms with Crippen molar-refractivity contribution in [3.63, 3.8) is 0 Å². The number of hydrogen-bond acceptors (Lipinski definition) is 1. The lowest BCUT2D eigenvalue weighted by molar-refractivity contribution is 0.627. The molecule has 1 atom stereocenters. The molecule has 2 rings (SSSR count). The van der Waals surface area contributed by atoms with Gasteiger partial charge in [-0.3, -0.25) is 0 Å². The number of alkyl halides is 1. The van der Waals surface area contributed by atoms with Crippen LogP contribution in [0.15, 0.2) is 53.4 Å². The average Bonchev–Trinajstić information content (AvgIpc) is 2.39. The molecule has 1 unspecified atom stereocenters. The molecule has 0 saturated heterocycles. The van der Waals surface area contributed by atoms with Crippen molar-refractivity contribution in [1.29, 1.82) is 0 Å². The first-order valence-electron chi connectivity index (χ1n) is 5.24. The molecule has 0 amide bonds. The summed E-state index contributed by atoms with van der Waals surface area (Å²) >= 11 is 5.36. The molecule has 0 N–H and O–H groups in total. The van der Waals surface area contributed by atoms with Gasteiger partial charge in [0.2, 0.25) is 0 Å². The first-order chi connectivity index (χ1) is 8.20. The van der Waals surface area contributed by atoms with Gasteiger partial charge in [0.1, 0.15) is 5.82 Å². The van der Waals surface area contributed by atoms with Crippen molar-refractivity contribution in [1.82, 2.24) is 0 Å². The van der Waals surface area contributed by atoms with Crippen LogP contribution in [-0.4, -0.2) is 6.26 Å². The zero-order valence-electron chi connectivity index (χ0n) is 9.36. The van der Waals surface area contributed by atoms with Gasteiger partial charge in [0.15, 0.2) is 0 Å². The van der Waals surface area contributed by atoms with E-state index in [1.807, 2.05) is 0 Å².